The first-order chi connectivity index (χ1) is 5.95. The first kappa shape index (κ1) is 12.4. The van der Waals surface area contributed by atoms with Crippen molar-refractivity contribution in [3.05, 3.63) is 0 Å². The SMILES string of the molecule is CO[Si](CCl)(OC(C)=O)OC(C)=O. The van der Waals surface area contributed by atoms with E-state index in [4.69, 9.17) is 24.9 Å². The molecule has 5 nitrogen and oxygen atoms in total. The number of halogens is 1. The van der Waals surface area contributed by atoms with Gasteiger partial charge in [-0.05, 0) is 0 Å². The average molecular weight is 227 g/mol. The maximum atomic E-state index is 10.6. The second-order valence-corrected chi connectivity index (χ2v) is 5.46. The molecule has 0 spiro atoms. The van der Waals surface area contributed by atoms with Gasteiger partial charge in [-0.25, -0.2) is 0 Å². The highest BCUT2D eigenvalue weighted by Gasteiger charge is 2.46. The minimum atomic E-state index is -3.30. The molecule has 0 rings (SSSR count). The molecular formula is C6H11ClO5Si. The monoisotopic (exact) mass is 226 g/mol. The van der Waals surface area contributed by atoms with Gasteiger partial charge in [0.25, 0.3) is 11.9 Å². The zero-order chi connectivity index (χ0) is 10.5. The van der Waals surface area contributed by atoms with Gasteiger partial charge in [-0.3, -0.25) is 9.59 Å². The average Bonchev–Trinajstić information content (AvgIpc) is 2.01. The van der Waals surface area contributed by atoms with Gasteiger partial charge in [0.2, 0.25) is 0 Å². The molecule has 13 heavy (non-hydrogen) atoms. The highest BCUT2D eigenvalue weighted by Crippen LogP contribution is 2.11. The molecule has 0 fully saturated rings. The van der Waals surface area contributed by atoms with Gasteiger partial charge in [0.05, 0.1) is 0 Å². The smallest absolute Gasteiger partial charge is 0.464 e. The third-order valence-corrected chi connectivity index (χ3v) is 4.20. The van der Waals surface area contributed by atoms with E-state index in [1.165, 1.54) is 21.0 Å². The Morgan fingerprint density at radius 1 is 1.23 bits per heavy atom. The molecule has 0 aromatic carbocycles. The fourth-order valence-electron chi connectivity index (χ4n) is 0.651. The van der Waals surface area contributed by atoms with Crippen molar-refractivity contribution in [2.24, 2.45) is 0 Å². The van der Waals surface area contributed by atoms with Crippen molar-refractivity contribution in [1.29, 1.82) is 0 Å². The summed E-state index contributed by atoms with van der Waals surface area (Å²) in [6.07, 6.45) is 0. The Kier molecular flexibility index (Phi) is 4.97. The number of carbonyl (C=O) groups is 2. The normalized spacial score (nSPS) is 10.8. The van der Waals surface area contributed by atoms with Crippen molar-refractivity contribution in [3.63, 3.8) is 0 Å². The minimum absolute atomic E-state index is 0.150. The van der Waals surface area contributed by atoms with Crippen LogP contribution in [0.4, 0.5) is 0 Å². The molecule has 0 amide bonds. The first-order valence-electron chi connectivity index (χ1n) is 3.46. The van der Waals surface area contributed by atoms with Crippen LogP contribution in [0.15, 0.2) is 0 Å². The summed E-state index contributed by atoms with van der Waals surface area (Å²) < 4.78 is 14.3. The van der Waals surface area contributed by atoms with Gasteiger partial charge < -0.3 is 13.3 Å². The second-order valence-electron chi connectivity index (χ2n) is 2.21. The molecule has 0 N–H and O–H groups in total. The van der Waals surface area contributed by atoms with Crippen molar-refractivity contribution in [1.82, 2.24) is 0 Å². The molecule has 0 aliphatic heterocycles. The molecule has 76 valence electrons. The van der Waals surface area contributed by atoms with E-state index in [1.807, 2.05) is 0 Å². The molecule has 0 radical (unpaired) electrons. The van der Waals surface area contributed by atoms with Crippen molar-refractivity contribution >= 4 is 32.3 Å². The molecule has 0 saturated carbocycles. The van der Waals surface area contributed by atoms with E-state index in [9.17, 15) is 9.59 Å². The third-order valence-electron chi connectivity index (χ3n) is 1.07. The molecule has 7 heteroatoms. The van der Waals surface area contributed by atoms with Crippen LogP contribution in [0.5, 0.6) is 0 Å². The van der Waals surface area contributed by atoms with E-state index in [1.54, 1.807) is 0 Å². The lowest BCUT2D eigenvalue weighted by molar-refractivity contribution is -0.142. The van der Waals surface area contributed by atoms with Gasteiger partial charge in [-0.15, -0.1) is 11.6 Å². The van der Waals surface area contributed by atoms with E-state index >= 15 is 0 Å². The summed E-state index contributed by atoms with van der Waals surface area (Å²) in [6, 6.07) is 0. The van der Waals surface area contributed by atoms with E-state index in [0.29, 0.717) is 0 Å². The number of alkyl halides is 1. The van der Waals surface area contributed by atoms with Crippen molar-refractivity contribution in [3.8, 4) is 0 Å². The highest BCUT2D eigenvalue weighted by molar-refractivity contribution is 6.71. The van der Waals surface area contributed by atoms with Gasteiger partial charge in [-0.1, -0.05) is 0 Å². The predicted octanol–water partition coefficient (Wildman–Crippen LogP) is 0.476. The molecule has 0 bridgehead atoms. The second kappa shape index (κ2) is 5.20. The summed E-state index contributed by atoms with van der Waals surface area (Å²) in [5, 5.41) is 0. The Morgan fingerprint density at radius 2 is 1.62 bits per heavy atom. The largest absolute Gasteiger partial charge is 0.651 e. The number of carbonyl (C=O) groups excluding carboxylic acids is 2. The number of hydrogen-bond acceptors (Lipinski definition) is 5. The Morgan fingerprint density at radius 3 is 1.77 bits per heavy atom. The molecule has 0 heterocycles. The third kappa shape index (κ3) is 4.25. The molecule has 0 aromatic rings. The Bertz CT molecular complexity index is 185. The summed E-state index contributed by atoms with van der Waals surface area (Å²) in [4.78, 5) is 21.3. The Balaban J connectivity index is 4.48. The standard InChI is InChI=1S/C6H11ClO5Si/c1-5(8)11-13(4-7,10-3)12-6(2)9/h4H2,1-3H3. The Labute approximate surface area is 82.3 Å². The van der Waals surface area contributed by atoms with Gasteiger partial charge in [0.15, 0.2) is 0 Å². The minimum Gasteiger partial charge on any atom is -0.464 e. The van der Waals surface area contributed by atoms with Crippen molar-refractivity contribution in [2.45, 2.75) is 13.8 Å². The van der Waals surface area contributed by atoms with E-state index in [0.717, 1.165) is 0 Å². The summed E-state index contributed by atoms with van der Waals surface area (Å²) in [5.41, 5.74) is -0.150. The highest BCUT2D eigenvalue weighted by atomic mass is 35.5. The van der Waals surface area contributed by atoms with Crippen LogP contribution in [-0.2, 0) is 22.9 Å². The lowest BCUT2D eigenvalue weighted by Gasteiger charge is -2.23. The topological polar surface area (TPSA) is 61.8 Å². The molecule has 0 unspecified atom stereocenters. The van der Waals surface area contributed by atoms with Crippen LogP contribution >= 0.6 is 11.6 Å². The van der Waals surface area contributed by atoms with Crippen molar-refractivity contribution < 1.29 is 22.9 Å². The van der Waals surface area contributed by atoms with Crippen LogP contribution in [0, 0.1) is 0 Å². The van der Waals surface area contributed by atoms with E-state index < -0.39 is 20.7 Å². The summed E-state index contributed by atoms with van der Waals surface area (Å²) >= 11 is 5.49. The van der Waals surface area contributed by atoms with Crippen LogP contribution in [0.1, 0.15) is 13.8 Å². The number of rotatable bonds is 4. The van der Waals surface area contributed by atoms with Crippen molar-refractivity contribution in [2.75, 3.05) is 12.6 Å². The van der Waals surface area contributed by atoms with Gasteiger partial charge >= 0.3 is 8.80 Å². The first-order valence-corrected chi connectivity index (χ1v) is 5.92. The lowest BCUT2D eigenvalue weighted by atomic mass is 10.9. The quantitative estimate of drug-likeness (QED) is 0.515. The zero-order valence-corrected chi connectivity index (χ0v) is 9.38. The molecule has 0 aromatic heterocycles. The summed E-state index contributed by atoms with van der Waals surface area (Å²) in [7, 11) is -2.02. The molecule has 0 saturated heterocycles. The lowest BCUT2D eigenvalue weighted by Crippen LogP contribution is -2.49. The molecule has 0 aliphatic rings. The maximum Gasteiger partial charge on any atom is 0.651 e. The zero-order valence-electron chi connectivity index (χ0n) is 7.63. The van der Waals surface area contributed by atoms with Crippen LogP contribution in [0.25, 0.3) is 0 Å². The van der Waals surface area contributed by atoms with Gasteiger partial charge in [0.1, 0.15) is 5.50 Å². The van der Waals surface area contributed by atoms with E-state index in [2.05, 4.69) is 0 Å². The molecular weight excluding hydrogens is 216 g/mol. The van der Waals surface area contributed by atoms with E-state index in [-0.39, 0.29) is 5.50 Å². The summed E-state index contributed by atoms with van der Waals surface area (Å²) in [5.74, 6) is -1.18. The molecule has 0 aliphatic carbocycles. The Hall–Kier alpha value is -0.593. The number of hydrogen-bond donors (Lipinski definition) is 0. The van der Waals surface area contributed by atoms with Crippen LogP contribution in [0.3, 0.4) is 0 Å². The predicted molar refractivity (Wildman–Crippen MR) is 47.0 cm³/mol. The van der Waals surface area contributed by atoms with Crippen LogP contribution in [-0.4, -0.2) is 33.4 Å². The van der Waals surface area contributed by atoms with Crippen LogP contribution in [0.2, 0.25) is 0 Å². The molecule has 0 atom stereocenters. The summed E-state index contributed by atoms with van der Waals surface area (Å²) in [6.45, 7) is 2.38. The maximum absolute atomic E-state index is 10.6. The van der Waals surface area contributed by atoms with Gasteiger partial charge in [0, 0.05) is 21.0 Å². The van der Waals surface area contributed by atoms with Gasteiger partial charge in [-0.2, -0.15) is 0 Å². The van der Waals surface area contributed by atoms with Crippen LogP contribution < -0.4 is 0 Å². The fourth-order valence-corrected chi connectivity index (χ4v) is 2.61. The fraction of sp³-hybridized carbons (Fsp3) is 0.667.